The van der Waals surface area contributed by atoms with Crippen LogP contribution in [0.3, 0.4) is 0 Å². The highest BCUT2D eigenvalue weighted by atomic mass is 127. The zero-order valence-electron chi connectivity index (χ0n) is 10.3. The lowest BCUT2D eigenvalue weighted by Gasteiger charge is -2.40. The fraction of sp³-hybridized carbons (Fsp3) is 0.900. The van der Waals surface area contributed by atoms with Crippen LogP contribution < -0.4 is 11.1 Å². The molecule has 0 atom stereocenters. The van der Waals surface area contributed by atoms with E-state index in [4.69, 9.17) is 10.5 Å². The van der Waals surface area contributed by atoms with Gasteiger partial charge in [-0.2, -0.15) is 0 Å². The lowest BCUT2D eigenvalue weighted by molar-refractivity contribution is -0.00830. The molecule has 0 aromatic carbocycles. The summed E-state index contributed by atoms with van der Waals surface area (Å²) in [5, 5.41) is 3.12. The van der Waals surface area contributed by atoms with Crippen LogP contribution in [0.25, 0.3) is 0 Å². The zero-order chi connectivity index (χ0) is 11.3. The molecular weight excluding hydrogens is 319 g/mol. The number of morpholine rings is 1. The van der Waals surface area contributed by atoms with Crippen LogP contribution in [0.15, 0.2) is 4.99 Å². The number of hydrogen-bond donors (Lipinski definition) is 2. The van der Waals surface area contributed by atoms with E-state index in [9.17, 15) is 0 Å². The van der Waals surface area contributed by atoms with Gasteiger partial charge in [0.2, 0.25) is 0 Å². The molecule has 0 unspecified atom stereocenters. The van der Waals surface area contributed by atoms with Gasteiger partial charge in [0, 0.05) is 32.2 Å². The quantitative estimate of drug-likeness (QED) is 0.439. The average Bonchev–Trinajstić information content (AvgIpc) is 2.27. The Balaban J connectivity index is 0.00000225. The van der Waals surface area contributed by atoms with E-state index in [0.29, 0.717) is 5.96 Å². The van der Waals surface area contributed by atoms with Gasteiger partial charge in [-0.3, -0.25) is 9.89 Å². The second-order valence-corrected chi connectivity index (χ2v) is 4.37. The van der Waals surface area contributed by atoms with Crippen molar-refractivity contribution in [3.05, 3.63) is 0 Å². The number of nitrogens with one attached hydrogen (secondary N) is 1. The molecule has 5 nitrogen and oxygen atoms in total. The maximum absolute atomic E-state index is 5.61. The number of guanidine groups is 1. The van der Waals surface area contributed by atoms with E-state index in [-0.39, 0.29) is 29.5 Å². The number of nitrogens with zero attached hydrogens (tertiary/aromatic N) is 2. The van der Waals surface area contributed by atoms with Crippen molar-refractivity contribution in [2.75, 3.05) is 39.9 Å². The van der Waals surface area contributed by atoms with E-state index < -0.39 is 0 Å². The van der Waals surface area contributed by atoms with Gasteiger partial charge in [-0.05, 0) is 13.8 Å². The molecule has 0 spiro atoms. The van der Waals surface area contributed by atoms with Crippen molar-refractivity contribution in [1.82, 2.24) is 10.2 Å². The van der Waals surface area contributed by atoms with Crippen LogP contribution in [-0.4, -0.2) is 56.3 Å². The summed E-state index contributed by atoms with van der Waals surface area (Å²) in [6.07, 6.45) is 0. The van der Waals surface area contributed by atoms with Gasteiger partial charge in [0.25, 0.3) is 0 Å². The molecule has 1 aliphatic heterocycles. The lowest BCUT2D eigenvalue weighted by Crippen LogP contribution is -2.56. The minimum atomic E-state index is 0. The molecule has 0 aromatic heterocycles. The summed E-state index contributed by atoms with van der Waals surface area (Å²) in [7, 11) is 1.68. The smallest absolute Gasteiger partial charge is 0.188 e. The molecule has 0 bridgehead atoms. The molecule has 1 saturated heterocycles. The van der Waals surface area contributed by atoms with Gasteiger partial charge in [-0.1, -0.05) is 0 Å². The van der Waals surface area contributed by atoms with Crippen molar-refractivity contribution in [2.45, 2.75) is 19.4 Å². The minimum absolute atomic E-state index is 0. The highest BCUT2D eigenvalue weighted by Gasteiger charge is 2.27. The number of rotatable bonds is 3. The molecule has 0 aromatic rings. The van der Waals surface area contributed by atoms with E-state index >= 15 is 0 Å². The molecule has 1 aliphatic rings. The van der Waals surface area contributed by atoms with Crippen LogP contribution in [0.1, 0.15) is 13.8 Å². The highest BCUT2D eigenvalue weighted by molar-refractivity contribution is 14.0. The third-order valence-electron chi connectivity index (χ3n) is 2.81. The van der Waals surface area contributed by atoms with Gasteiger partial charge in [0.1, 0.15) is 0 Å². The topological polar surface area (TPSA) is 62.9 Å². The number of hydrogen-bond acceptors (Lipinski definition) is 3. The summed E-state index contributed by atoms with van der Waals surface area (Å²) in [6.45, 7) is 8.82. The molecule has 1 rings (SSSR count). The summed E-state index contributed by atoms with van der Waals surface area (Å²) in [6, 6.07) is 0. The molecule has 0 aliphatic carbocycles. The Bertz CT molecular complexity index is 227. The Hall–Kier alpha value is -0.0800. The first kappa shape index (κ1) is 15.9. The Morgan fingerprint density at radius 1 is 1.44 bits per heavy atom. The molecule has 3 N–H and O–H groups in total. The standard InChI is InChI=1S/C10H22N4O.HI/c1-10(2,8-13-9(11)12-3)14-4-6-15-7-5-14;/h4-8H2,1-3H3,(H3,11,12,13);1H. The third kappa shape index (κ3) is 4.84. The lowest BCUT2D eigenvalue weighted by atomic mass is 10.0. The maximum Gasteiger partial charge on any atom is 0.188 e. The second kappa shape index (κ2) is 7.29. The van der Waals surface area contributed by atoms with Gasteiger partial charge in [0.15, 0.2) is 5.96 Å². The third-order valence-corrected chi connectivity index (χ3v) is 2.81. The van der Waals surface area contributed by atoms with Gasteiger partial charge < -0.3 is 15.8 Å². The fourth-order valence-electron chi connectivity index (χ4n) is 1.67. The van der Waals surface area contributed by atoms with Crippen molar-refractivity contribution < 1.29 is 4.74 Å². The van der Waals surface area contributed by atoms with Crippen LogP contribution in [0.2, 0.25) is 0 Å². The minimum Gasteiger partial charge on any atom is -0.379 e. The Morgan fingerprint density at radius 2 is 2.00 bits per heavy atom. The van der Waals surface area contributed by atoms with E-state index in [1.807, 2.05) is 0 Å². The summed E-state index contributed by atoms with van der Waals surface area (Å²) in [4.78, 5) is 6.29. The number of nitrogens with two attached hydrogens (primary N) is 1. The first-order chi connectivity index (χ1) is 7.06. The summed E-state index contributed by atoms with van der Waals surface area (Å²) in [5.41, 5.74) is 5.69. The number of halogens is 1. The normalized spacial score (nSPS) is 19.1. The van der Waals surface area contributed by atoms with E-state index in [0.717, 1.165) is 32.8 Å². The summed E-state index contributed by atoms with van der Waals surface area (Å²) >= 11 is 0. The average molecular weight is 342 g/mol. The van der Waals surface area contributed by atoms with Gasteiger partial charge >= 0.3 is 0 Å². The second-order valence-electron chi connectivity index (χ2n) is 4.37. The fourth-order valence-corrected chi connectivity index (χ4v) is 1.67. The SMILES string of the molecule is CN=C(N)NCC(C)(C)N1CCOCC1.I. The predicted octanol–water partition coefficient (Wildman–Crippen LogP) is 0.249. The molecule has 0 saturated carbocycles. The van der Waals surface area contributed by atoms with E-state index in [2.05, 4.69) is 29.1 Å². The van der Waals surface area contributed by atoms with Crippen LogP contribution in [0.5, 0.6) is 0 Å². The van der Waals surface area contributed by atoms with Gasteiger partial charge in [-0.15, -0.1) is 24.0 Å². The van der Waals surface area contributed by atoms with Crippen molar-refractivity contribution in [3.63, 3.8) is 0 Å². The summed E-state index contributed by atoms with van der Waals surface area (Å²) in [5.74, 6) is 0.497. The number of ether oxygens (including phenoxy) is 1. The molecule has 0 radical (unpaired) electrons. The van der Waals surface area contributed by atoms with Crippen LogP contribution in [-0.2, 0) is 4.74 Å². The molecule has 1 heterocycles. The van der Waals surface area contributed by atoms with Crippen LogP contribution in [0, 0.1) is 0 Å². The molecule has 6 heteroatoms. The highest BCUT2D eigenvalue weighted by Crippen LogP contribution is 2.14. The monoisotopic (exact) mass is 342 g/mol. The Kier molecular flexibility index (Phi) is 7.25. The molecule has 16 heavy (non-hydrogen) atoms. The molecule has 0 amide bonds. The first-order valence-electron chi connectivity index (χ1n) is 5.35. The summed E-state index contributed by atoms with van der Waals surface area (Å²) < 4.78 is 5.33. The van der Waals surface area contributed by atoms with Crippen molar-refractivity contribution in [1.29, 1.82) is 0 Å². The Labute approximate surface area is 115 Å². The van der Waals surface area contributed by atoms with Crippen molar-refractivity contribution >= 4 is 29.9 Å². The zero-order valence-corrected chi connectivity index (χ0v) is 12.7. The van der Waals surface area contributed by atoms with Crippen molar-refractivity contribution in [2.24, 2.45) is 10.7 Å². The molecular formula is C10H23IN4O. The van der Waals surface area contributed by atoms with Crippen LogP contribution in [0.4, 0.5) is 0 Å². The first-order valence-corrected chi connectivity index (χ1v) is 5.35. The maximum atomic E-state index is 5.61. The van der Waals surface area contributed by atoms with Crippen molar-refractivity contribution in [3.8, 4) is 0 Å². The van der Waals surface area contributed by atoms with E-state index in [1.165, 1.54) is 0 Å². The van der Waals surface area contributed by atoms with Crippen LogP contribution >= 0.6 is 24.0 Å². The van der Waals surface area contributed by atoms with Gasteiger partial charge in [0.05, 0.1) is 13.2 Å². The van der Waals surface area contributed by atoms with E-state index in [1.54, 1.807) is 7.05 Å². The Morgan fingerprint density at radius 3 is 2.50 bits per heavy atom. The molecule has 1 fully saturated rings. The largest absolute Gasteiger partial charge is 0.379 e. The molecule has 96 valence electrons. The predicted molar refractivity (Wildman–Crippen MR) is 77.4 cm³/mol. The van der Waals surface area contributed by atoms with Gasteiger partial charge in [-0.25, -0.2) is 0 Å². The number of aliphatic imine (C=N–C) groups is 1.